The SMILES string of the molecule is CC(=O)Nc1nnc(S(=O)(=O)NCCCCCN)s1. The van der Waals surface area contributed by atoms with Gasteiger partial charge in [-0.2, -0.15) is 0 Å². The Hall–Kier alpha value is -1.10. The summed E-state index contributed by atoms with van der Waals surface area (Å²) in [5.41, 5.74) is 5.34. The number of nitrogens with zero attached hydrogens (tertiary/aromatic N) is 2. The number of aromatic nitrogens is 2. The Kier molecular flexibility index (Phi) is 6.28. The fourth-order valence-electron chi connectivity index (χ4n) is 1.23. The normalized spacial score (nSPS) is 11.5. The molecule has 0 spiro atoms. The van der Waals surface area contributed by atoms with Crippen LogP contribution in [0, 0.1) is 0 Å². The van der Waals surface area contributed by atoms with Crippen LogP contribution >= 0.6 is 11.3 Å². The molecule has 0 aliphatic heterocycles. The third-order valence-electron chi connectivity index (χ3n) is 2.09. The van der Waals surface area contributed by atoms with Crippen molar-refractivity contribution in [2.75, 3.05) is 18.4 Å². The summed E-state index contributed by atoms with van der Waals surface area (Å²) in [6, 6.07) is 0. The monoisotopic (exact) mass is 307 g/mol. The molecule has 1 amide bonds. The fourth-order valence-corrected chi connectivity index (χ4v) is 3.29. The van der Waals surface area contributed by atoms with E-state index in [9.17, 15) is 13.2 Å². The molecule has 19 heavy (non-hydrogen) atoms. The Balaban J connectivity index is 2.52. The van der Waals surface area contributed by atoms with Crippen LogP contribution in [0.15, 0.2) is 4.34 Å². The summed E-state index contributed by atoms with van der Waals surface area (Å²) in [6.07, 6.45) is 2.45. The lowest BCUT2D eigenvalue weighted by Gasteiger charge is -2.02. The lowest BCUT2D eigenvalue weighted by atomic mass is 10.2. The number of hydrogen-bond donors (Lipinski definition) is 3. The van der Waals surface area contributed by atoms with Crippen LogP contribution in [0.25, 0.3) is 0 Å². The Labute approximate surface area is 115 Å². The topological polar surface area (TPSA) is 127 Å². The van der Waals surface area contributed by atoms with Crippen molar-refractivity contribution in [3.63, 3.8) is 0 Å². The first-order chi connectivity index (χ1) is 8.95. The highest BCUT2D eigenvalue weighted by molar-refractivity contribution is 7.91. The summed E-state index contributed by atoms with van der Waals surface area (Å²) in [5, 5.41) is 9.66. The van der Waals surface area contributed by atoms with E-state index in [4.69, 9.17) is 5.73 Å². The summed E-state index contributed by atoms with van der Waals surface area (Å²) >= 11 is 0.812. The molecule has 1 rings (SSSR count). The van der Waals surface area contributed by atoms with E-state index in [1.54, 1.807) is 0 Å². The van der Waals surface area contributed by atoms with Gasteiger partial charge in [0.25, 0.3) is 10.0 Å². The van der Waals surface area contributed by atoms with E-state index < -0.39 is 10.0 Å². The lowest BCUT2D eigenvalue weighted by molar-refractivity contribution is -0.114. The number of unbranched alkanes of at least 4 members (excludes halogenated alkanes) is 2. The number of nitrogens with two attached hydrogens (primary N) is 1. The number of carbonyl (C=O) groups excluding carboxylic acids is 1. The maximum atomic E-state index is 11.8. The molecule has 10 heteroatoms. The largest absolute Gasteiger partial charge is 0.330 e. The molecule has 0 aromatic carbocycles. The van der Waals surface area contributed by atoms with E-state index >= 15 is 0 Å². The Morgan fingerprint density at radius 1 is 1.32 bits per heavy atom. The zero-order chi connectivity index (χ0) is 14.3. The molecule has 108 valence electrons. The molecule has 0 saturated carbocycles. The Bertz CT molecular complexity index is 514. The second-order valence-corrected chi connectivity index (χ2v) is 6.72. The van der Waals surface area contributed by atoms with Crippen molar-refractivity contribution >= 4 is 32.4 Å². The van der Waals surface area contributed by atoms with E-state index in [0.717, 1.165) is 24.2 Å². The summed E-state index contributed by atoms with van der Waals surface area (Å²) < 4.78 is 25.9. The molecule has 0 saturated heterocycles. The fraction of sp³-hybridized carbons (Fsp3) is 0.667. The predicted octanol–water partition coefficient (Wildman–Crippen LogP) is -0.0962. The van der Waals surface area contributed by atoms with Gasteiger partial charge < -0.3 is 11.1 Å². The minimum atomic E-state index is -3.65. The summed E-state index contributed by atoms with van der Waals surface area (Å²) in [5.74, 6) is -0.324. The highest BCUT2D eigenvalue weighted by atomic mass is 32.2. The van der Waals surface area contributed by atoms with Crippen LogP contribution in [0.2, 0.25) is 0 Å². The van der Waals surface area contributed by atoms with E-state index in [2.05, 4.69) is 20.2 Å². The van der Waals surface area contributed by atoms with Crippen LogP contribution in [0.1, 0.15) is 26.2 Å². The summed E-state index contributed by atoms with van der Waals surface area (Å²) in [7, 11) is -3.65. The average Bonchev–Trinajstić information content (AvgIpc) is 2.77. The number of anilines is 1. The molecule has 0 atom stereocenters. The molecule has 0 unspecified atom stereocenters. The molecule has 0 radical (unpaired) electrons. The van der Waals surface area contributed by atoms with Gasteiger partial charge in [0.1, 0.15) is 0 Å². The van der Waals surface area contributed by atoms with Crippen LogP contribution in [0.4, 0.5) is 5.13 Å². The van der Waals surface area contributed by atoms with Crippen molar-refractivity contribution in [3.05, 3.63) is 0 Å². The molecule has 0 fully saturated rings. The van der Waals surface area contributed by atoms with Crippen LogP contribution in [0.5, 0.6) is 0 Å². The summed E-state index contributed by atoms with van der Waals surface area (Å²) in [4.78, 5) is 10.8. The van der Waals surface area contributed by atoms with Crippen molar-refractivity contribution in [1.82, 2.24) is 14.9 Å². The first-order valence-electron chi connectivity index (χ1n) is 5.76. The number of amides is 1. The molecule has 0 aliphatic rings. The average molecular weight is 307 g/mol. The van der Waals surface area contributed by atoms with Gasteiger partial charge in [0.05, 0.1) is 0 Å². The van der Waals surface area contributed by atoms with Crippen LogP contribution < -0.4 is 15.8 Å². The molecular formula is C9H17N5O3S2. The third-order valence-corrected chi connectivity index (χ3v) is 4.76. The second kappa shape index (κ2) is 7.48. The van der Waals surface area contributed by atoms with Crippen LogP contribution in [0.3, 0.4) is 0 Å². The van der Waals surface area contributed by atoms with Gasteiger partial charge in [0, 0.05) is 13.5 Å². The highest BCUT2D eigenvalue weighted by Crippen LogP contribution is 2.19. The lowest BCUT2D eigenvalue weighted by Crippen LogP contribution is -2.24. The number of nitrogens with one attached hydrogen (secondary N) is 2. The predicted molar refractivity (Wildman–Crippen MR) is 72.3 cm³/mol. The maximum absolute atomic E-state index is 11.8. The Morgan fingerprint density at radius 2 is 2.05 bits per heavy atom. The van der Waals surface area contributed by atoms with Crippen molar-refractivity contribution in [2.45, 2.75) is 30.5 Å². The van der Waals surface area contributed by atoms with Gasteiger partial charge >= 0.3 is 0 Å². The zero-order valence-corrected chi connectivity index (χ0v) is 12.2. The second-order valence-electron chi connectivity index (χ2n) is 3.80. The third kappa shape index (κ3) is 5.59. The number of hydrogen-bond acceptors (Lipinski definition) is 7. The highest BCUT2D eigenvalue weighted by Gasteiger charge is 2.19. The molecule has 0 bridgehead atoms. The molecule has 4 N–H and O–H groups in total. The van der Waals surface area contributed by atoms with Gasteiger partial charge in [-0.25, -0.2) is 13.1 Å². The van der Waals surface area contributed by atoms with Crippen molar-refractivity contribution in [2.24, 2.45) is 5.73 Å². The zero-order valence-electron chi connectivity index (χ0n) is 10.5. The van der Waals surface area contributed by atoms with E-state index in [0.29, 0.717) is 19.5 Å². The first-order valence-corrected chi connectivity index (χ1v) is 8.06. The van der Waals surface area contributed by atoms with Crippen molar-refractivity contribution in [1.29, 1.82) is 0 Å². The van der Waals surface area contributed by atoms with Gasteiger partial charge in [-0.1, -0.05) is 17.8 Å². The number of rotatable bonds is 8. The van der Waals surface area contributed by atoms with E-state index in [1.807, 2.05) is 0 Å². The molecule has 1 heterocycles. The van der Waals surface area contributed by atoms with Gasteiger partial charge in [0.2, 0.25) is 15.4 Å². The molecule has 8 nitrogen and oxygen atoms in total. The summed E-state index contributed by atoms with van der Waals surface area (Å²) in [6.45, 7) is 2.24. The maximum Gasteiger partial charge on any atom is 0.269 e. The standard InChI is InChI=1S/C9H17N5O3S2/c1-7(15)12-8-13-14-9(18-8)19(16,17)11-6-4-2-3-5-10/h11H,2-6,10H2,1H3,(H,12,13,15). The van der Waals surface area contributed by atoms with Crippen LogP contribution in [-0.2, 0) is 14.8 Å². The van der Waals surface area contributed by atoms with Gasteiger partial charge in [-0.3, -0.25) is 4.79 Å². The van der Waals surface area contributed by atoms with Crippen LogP contribution in [-0.4, -0.2) is 37.6 Å². The van der Waals surface area contributed by atoms with Gasteiger partial charge in [0.15, 0.2) is 0 Å². The first kappa shape index (κ1) is 16.0. The quantitative estimate of drug-likeness (QED) is 0.455. The van der Waals surface area contributed by atoms with Gasteiger partial charge in [-0.15, -0.1) is 10.2 Å². The minimum absolute atomic E-state index is 0.157. The van der Waals surface area contributed by atoms with Gasteiger partial charge in [-0.05, 0) is 19.4 Å². The number of carbonyl (C=O) groups is 1. The minimum Gasteiger partial charge on any atom is -0.330 e. The molecular weight excluding hydrogens is 290 g/mol. The Morgan fingerprint density at radius 3 is 2.68 bits per heavy atom. The van der Waals surface area contributed by atoms with Crippen molar-refractivity contribution in [3.8, 4) is 0 Å². The van der Waals surface area contributed by atoms with E-state index in [-0.39, 0.29) is 15.4 Å². The van der Waals surface area contributed by atoms with Crippen molar-refractivity contribution < 1.29 is 13.2 Å². The molecule has 0 aliphatic carbocycles. The van der Waals surface area contributed by atoms with E-state index in [1.165, 1.54) is 6.92 Å². The number of sulfonamides is 1. The smallest absolute Gasteiger partial charge is 0.269 e. The molecule has 1 aromatic heterocycles. The molecule has 1 aromatic rings.